The van der Waals surface area contributed by atoms with E-state index in [0.717, 1.165) is 5.69 Å². The van der Waals surface area contributed by atoms with Gasteiger partial charge >= 0.3 is 0 Å². The summed E-state index contributed by atoms with van der Waals surface area (Å²) in [6.45, 7) is 1.77. The van der Waals surface area contributed by atoms with Gasteiger partial charge in [0.1, 0.15) is 5.56 Å². The Morgan fingerprint density at radius 1 is 1.26 bits per heavy atom. The second-order valence-corrected chi connectivity index (χ2v) is 5.70. The normalized spacial score (nSPS) is 10.7. The summed E-state index contributed by atoms with van der Waals surface area (Å²) in [6, 6.07) is 6.07. The first-order valence-electron chi connectivity index (χ1n) is 6.64. The first kappa shape index (κ1) is 14.9. The van der Waals surface area contributed by atoms with Crippen molar-refractivity contribution in [2.24, 2.45) is 5.73 Å². The number of nitrogens with two attached hydrogens (primary N) is 1. The lowest BCUT2D eigenvalue weighted by Crippen LogP contribution is -2.26. The van der Waals surface area contributed by atoms with Crippen molar-refractivity contribution < 1.29 is 9.59 Å². The summed E-state index contributed by atoms with van der Waals surface area (Å²) in [6.07, 6.45) is 1.26. The highest BCUT2D eigenvalue weighted by atomic mass is 32.1. The Morgan fingerprint density at radius 3 is 2.61 bits per heavy atom. The lowest BCUT2D eigenvalue weighted by atomic mass is 10.2. The monoisotopic (exact) mass is 328 g/mol. The van der Waals surface area contributed by atoms with Crippen LogP contribution in [0.25, 0.3) is 4.96 Å². The fourth-order valence-electron chi connectivity index (χ4n) is 2.10. The predicted octanol–water partition coefficient (Wildman–Crippen LogP) is 1.42. The summed E-state index contributed by atoms with van der Waals surface area (Å²) >= 11 is 1.33. The second-order valence-electron chi connectivity index (χ2n) is 4.87. The smallest absolute Gasteiger partial charge is 0.271 e. The van der Waals surface area contributed by atoms with Crippen molar-refractivity contribution >= 4 is 33.8 Å². The largest absolute Gasteiger partial charge is 0.366 e. The van der Waals surface area contributed by atoms with Gasteiger partial charge in [0.2, 0.25) is 5.91 Å². The van der Waals surface area contributed by atoms with Gasteiger partial charge in [0.15, 0.2) is 4.96 Å². The van der Waals surface area contributed by atoms with Gasteiger partial charge in [0.05, 0.1) is 0 Å². The molecule has 7 nitrogen and oxygen atoms in total. The first-order chi connectivity index (χ1) is 11.0. The maximum Gasteiger partial charge on any atom is 0.271 e. The van der Waals surface area contributed by atoms with Crippen molar-refractivity contribution in [3.05, 3.63) is 63.0 Å². The molecule has 0 unspecified atom stereocenters. The minimum atomic E-state index is -0.561. The summed E-state index contributed by atoms with van der Waals surface area (Å²) in [7, 11) is 0. The third-order valence-electron chi connectivity index (χ3n) is 3.29. The lowest BCUT2D eigenvalue weighted by Gasteiger charge is -2.06. The maximum atomic E-state index is 12.4. The molecule has 3 N–H and O–H groups in total. The molecule has 0 saturated carbocycles. The van der Waals surface area contributed by atoms with Crippen LogP contribution in [-0.4, -0.2) is 21.2 Å². The molecule has 0 bridgehead atoms. The van der Waals surface area contributed by atoms with E-state index in [-0.39, 0.29) is 5.56 Å². The molecular weight excluding hydrogens is 316 g/mol. The number of thiazole rings is 1. The predicted molar refractivity (Wildman–Crippen MR) is 87.0 cm³/mol. The zero-order chi connectivity index (χ0) is 16.6. The van der Waals surface area contributed by atoms with Crippen molar-refractivity contribution in [1.82, 2.24) is 9.38 Å². The minimum Gasteiger partial charge on any atom is -0.366 e. The molecule has 0 aliphatic heterocycles. The van der Waals surface area contributed by atoms with Gasteiger partial charge in [-0.1, -0.05) is 0 Å². The number of hydrogen-bond acceptors (Lipinski definition) is 5. The van der Waals surface area contributed by atoms with Crippen LogP contribution in [0.3, 0.4) is 0 Å². The number of rotatable bonds is 3. The molecule has 3 rings (SSSR count). The summed E-state index contributed by atoms with van der Waals surface area (Å²) < 4.78 is 1.40. The second kappa shape index (κ2) is 5.65. The number of nitrogens with one attached hydrogen (secondary N) is 1. The van der Waals surface area contributed by atoms with Crippen molar-refractivity contribution in [1.29, 1.82) is 0 Å². The zero-order valence-corrected chi connectivity index (χ0v) is 12.9. The van der Waals surface area contributed by atoms with Crippen LogP contribution in [-0.2, 0) is 0 Å². The number of carbonyl (C=O) groups excluding carboxylic acids is 2. The first-order valence-corrected chi connectivity index (χ1v) is 7.52. The average molecular weight is 328 g/mol. The number of benzene rings is 1. The maximum absolute atomic E-state index is 12.4. The minimum absolute atomic E-state index is 0.0528. The van der Waals surface area contributed by atoms with Crippen LogP contribution in [0, 0.1) is 6.92 Å². The van der Waals surface area contributed by atoms with E-state index in [1.54, 1.807) is 12.3 Å². The summed E-state index contributed by atoms with van der Waals surface area (Å²) in [4.78, 5) is 40.3. The Bertz CT molecular complexity index is 973. The van der Waals surface area contributed by atoms with Gasteiger partial charge in [0.25, 0.3) is 11.5 Å². The molecule has 2 amide bonds. The molecule has 0 saturated heterocycles. The van der Waals surface area contributed by atoms with Crippen molar-refractivity contribution in [3.63, 3.8) is 0 Å². The van der Waals surface area contributed by atoms with Crippen molar-refractivity contribution in [2.45, 2.75) is 6.92 Å². The van der Waals surface area contributed by atoms with Crippen LogP contribution in [0.4, 0.5) is 5.69 Å². The van der Waals surface area contributed by atoms with E-state index >= 15 is 0 Å². The summed E-state index contributed by atoms with van der Waals surface area (Å²) in [5, 5.41) is 4.40. The van der Waals surface area contributed by atoms with Crippen molar-refractivity contribution in [2.75, 3.05) is 5.32 Å². The van der Waals surface area contributed by atoms with Crippen LogP contribution in [0.15, 0.2) is 40.6 Å². The van der Waals surface area contributed by atoms with E-state index in [1.807, 2.05) is 0 Å². The number of carbonyl (C=O) groups is 2. The molecule has 23 heavy (non-hydrogen) atoms. The molecule has 0 radical (unpaired) electrons. The fraction of sp³-hybridized carbons (Fsp3) is 0.0667. The Hall–Kier alpha value is -3.00. The third kappa shape index (κ3) is 2.71. The fourth-order valence-corrected chi connectivity index (χ4v) is 2.92. The Kier molecular flexibility index (Phi) is 3.67. The summed E-state index contributed by atoms with van der Waals surface area (Å²) in [5.74, 6) is -1.11. The van der Waals surface area contributed by atoms with E-state index in [9.17, 15) is 14.4 Å². The molecule has 0 atom stereocenters. The molecule has 1 aromatic carbocycles. The van der Waals surface area contributed by atoms with Crippen LogP contribution in [0.5, 0.6) is 0 Å². The number of hydrogen-bond donors (Lipinski definition) is 2. The molecule has 116 valence electrons. The van der Waals surface area contributed by atoms with Gasteiger partial charge in [-0.15, -0.1) is 11.3 Å². The standard InChI is InChI=1S/C15H12N4O3S/c1-8-7-23-15-17-6-11(14(22)19(8)15)13(21)18-10-4-2-9(3-5-10)12(16)20/h2-7H,1H3,(H2,16,20)(H,18,21). The van der Waals surface area contributed by atoms with Crippen molar-refractivity contribution in [3.8, 4) is 0 Å². The highest BCUT2D eigenvalue weighted by Gasteiger charge is 2.15. The summed E-state index contributed by atoms with van der Waals surface area (Å²) in [5.41, 5.74) is 6.19. The van der Waals surface area contributed by atoms with E-state index in [0.29, 0.717) is 16.2 Å². The number of aryl methyl sites for hydroxylation is 1. The number of amides is 2. The van der Waals surface area contributed by atoms with E-state index in [4.69, 9.17) is 5.73 Å². The number of nitrogens with zero attached hydrogens (tertiary/aromatic N) is 2. The molecule has 3 aromatic rings. The Labute approximate surface area is 134 Å². The van der Waals surface area contributed by atoms with Crippen LogP contribution in [0.2, 0.25) is 0 Å². The Morgan fingerprint density at radius 2 is 1.96 bits per heavy atom. The van der Waals surface area contributed by atoms with Gasteiger partial charge < -0.3 is 11.1 Å². The van der Waals surface area contributed by atoms with Gasteiger partial charge in [-0.2, -0.15) is 0 Å². The van der Waals surface area contributed by atoms with E-state index in [2.05, 4.69) is 10.3 Å². The lowest BCUT2D eigenvalue weighted by molar-refractivity contribution is 0.0998. The van der Waals surface area contributed by atoms with Gasteiger partial charge in [-0.25, -0.2) is 4.98 Å². The SMILES string of the molecule is Cc1csc2ncc(C(=O)Nc3ccc(C(N)=O)cc3)c(=O)n12. The topological polar surface area (TPSA) is 107 Å². The van der Waals surface area contributed by atoms with Crippen LogP contribution >= 0.6 is 11.3 Å². The highest BCUT2D eigenvalue weighted by Crippen LogP contribution is 2.13. The van der Waals surface area contributed by atoms with Crippen LogP contribution in [0.1, 0.15) is 26.4 Å². The quantitative estimate of drug-likeness (QED) is 0.758. The number of primary amides is 1. The number of anilines is 1. The molecule has 0 fully saturated rings. The number of fused-ring (bicyclic) bond motifs is 1. The molecule has 0 aliphatic rings. The Balaban J connectivity index is 1.91. The molecule has 0 aliphatic carbocycles. The van der Waals surface area contributed by atoms with Gasteiger partial charge in [-0.05, 0) is 31.2 Å². The van der Waals surface area contributed by atoms with Crippen LogP contribution < -0.4 is 16.6 Å². The van der Waals surface area contributed by atoms with E-state index < -0.39 is 17.4 Å². The zero-order valence-electron chi connectivity index (χ0n) is 12.1. The van der Waals surface area contributed by atoms with Gasteiger partial charge in [0, 0.05) is 28.5 Å². The third-order valence-corrected chi connectivity index (χ3v) is 4.25. The molecule has 8 heteroatoms. The van der Waals surface area contributed by atoms with Gasteiger partial charge in [-0.3, -0.25) is 18.8 Å². The number of aromatic nitrogens is 2. The highest BCUT2D eigenvalue weighted by molar-refractivity contribution is 7.15. The molecule has 2 heterocycles. The molecule has 0 spiro atoms. The molecule has 2 aromatic heterocycles. The molecular formula is C15H12N4O3S. The van der Waals surface area contributed by atoms with E-state index in [1.165, 1.54) is 46.2 Å². The average Bonchev–Trinajstić information content (AvgIpc) is 2.90.